The van der Waals surface area contributed by atoms with Gasteiger partial charge in [0, 0.05) is 0 Å². The van der Waals surface area contributed by atoms with Crippen LogP contribution >= 0.6 is 0 Å². The summed E-state index contributed by atoms with van der Waals surface area (Å²) in [5, 5.41) is 0. The molecule has 1 saturated carbocycles. The lowest BCUT2D eigenvalue weighted by Gasteiger charge is -2.40. The van der Waals surface area contributed by atoms with E-state index in [2.05, 4.69) is 6.92 Å². The van der Waals surface area contributed by atoms with Crippen LogP contribution in [0.25, 0.3) is 0 Å². The summed E-state index contributed by atoms with van der Waals surface area (Å²) in [7, 11) is 0. The van der Waals surface area contributed by atoms with E-state index >= 15 is 0 Å². The summed E-state index contributed by atoms with van der Waals surface area (Å²) >= 11 is 0. The molecule has 1 aliphatic rings. The zero-order chi connectivity index (χ0) is 11.1. The zero-order valence-electron chi connectivity index (χ0n) is 9.76. The molecule has 0 heterocycles. The molecule has 0 radical (unpaired) electrons. The van der Waals surface area contributed by atoms with Gasteiger partial charge in [0.2, 0.25) is 0 Å². The van der Waals surface area contributed by atoms with Gasteiger partial charge in [0.1, 0.15) is 0 Å². The Morgan fingerprint density at radius 3 is 2.60 bits per heavy atom. The van der Waals surface area contributed by atoms with Gasteiger partial charge < -0.3 is 10.5 Å². The van der Waals surface area contributed by atoms with E-state index in [4.69, 9.17) is 10.5 Å². The molecule has 0 amide bonds. The highest BCUT2D eigenvalue weighted by Gasteiger charge is 2.37. The fraction of sp³-hybridized carbons (Fsp3) is 0.917. The van der Waals surface area contributed by atoms with E-state index < -0.39 is 0 Å². The zero-order valence-corrected chi connectivity index (χ0v) is 9.76. The van der Waals surface area contributed by atoms with E-state index in [0.717, 1.165) is 32.1 Å². The van der Waals surface area contributed by atoms with Crippen molar-refractivity contribution < 1.29 is 9.53 Å². The molecule has 1 rings (SSSR count). The average molecular weight is 213 g/mol. The van der Waals surface area contributed by atoms with Gasteiger partial charge >= 0.3 is 5.97 Å². The van der Waals surface area contributed by atoms with Crippen molar-refractivity contribution in [2.45, 2.75) is 51.9 Å². The summed E-state index contributed by atoms with van der Waals surface area (Å²) in [6.07, 6.45) is 7.19. The van der Waals surface area contributed by atoms with Gasteiger partial charge in [-0.2, -0.15) is 0 Å². The number of hydrogen-bond acceptors (Lipinski definition) is 3. The van der Waals surface area contributed by atoms with Crippen molar-refractivity contribution in [1.82, 2.24) is 0 Å². The van der Waals surface area contributed by atoms with Crippen LogP contribution in [-0.4, -0.2) is 19.1 Å². The molecule has 0 bridgehead atoms. The van der Waals surface area contributed by atoms with Crippen molar-refractivity contribution in [1.29, 1.82) is 0 Å². The smallest absolute Gasteiger partial charge is 0.306 e. The van der Waals surface area contributed by atoms with Gasteiger partial charge in [-0.15, -0.1) is 0 Å². The second kappa shape index (κ2) is 6.11. The Bertz CT molecular complexity index is 194. The van der Waals surface area contributed by atoms with Crippen LogP contribution < -0.4 is 5.73 Å². The van der Waals surface area contributed by atoms with Gasteiger partial charge in [0.15, 0.2) is 0 Å². The molecule has 0 unspecified atom stereocenters. The van der Waals surface area contributed by atoms with Crippen molar-refractivity contribution in [3.63, 3.8) is 0 Å². The van der Waals surface area contributed by atoms with E-state index in [0.29, 0.717) is 19.6 Å². The second-order valence-electron chi connectivity index (χ2n) is 4.66. The SMILES string of the molecule is CCCCCOC(=O)CC1(CN)CCC1. The van der Waals surface area contributed by atoms with Crippen LogP contribution in [0.5, 0.6) is 0 Å². The Morgan fingerprint density at radius 2 is 2.13 bits per heavy atom. The summed E-state index contributed by atoms with van der Waals surface area (Å²) < 4.78 is 5.18. The molecule has 1 aliphatic carbocycles. The van der Waals surface area contributed by atoms with Gasteiger partial charge in [-0.05, 0) is 31.2 Å². The predicted molar refractivity (Wildman–Crippen MR) is 60.4 cm³/mol. The Kier molecular flexibility index (Phi) is 5.09. The van der Waals surface area contributed by atoms with E-state index in [1.807, 2.05) is 0 Å². The molecule has 0 aromatic carbocycles. The molecule has 0 atom stereocenters. The van der Waals surface area contributed by atoms with Gasteiger partial charge in [-0.1, -0.05) is 26.2 Å². The normalized spacial score (nSPS) is 18.3. The molecule has 0 saturated heterocycles. The quantitative estimate of drug-likeness (QED) is 0.521. The van der Waals surface area contributed by atoms with Crippen LogP contribution in [0.1, 0.15) is 51.9 Å². The second-order valence-corrected chi connectivity index (χ2v) is 4.66. The predicted octanol–water partition coefficient (Wildman–Crippen LogP) is 2.24. The van der Waals surface area contributed by atoms with Crippen LogP contribution in [0.4, 0.5) is 0 Å². The Balaban J connectivity index is 2.12. The van der Waals surface area contributed by atoms with E-state index in [9.17, 15) is 4.79 Å². The number of esters is 1. The molecule has 1 fully saturated rings. The van der Waals surface area contributed by atoms with E-state index in [1.54, 1.807) is 0 Å². The number of hydrogen-bond donors (Lipinski definition) is 1. The lowest BCUT2D eigenvalue weighted by atomic mass is 9.67. The van der Waals surface area contributed by atoms with E-state index in [1.165, 1.54) is 6.42 Å². The first-order valence-electron chi connectivity index (χ1n) is 6.08. The highest BCUT2D eigenvalue weighted by Crippen LogP contribution is 2.43. The molecule has 15 heavy (non-hydrogen) atoms. The minimum absolute atomic E-state index is 0.0590. The molecule has 0 spiro atoms. The van der Waals surface area contributed by atoms with Crippen LogP contribution in [0, 0.1) is 5.41 Å². The van der Waals surface area contributed by atoms with Gasteiger partial charge in [0.25, 0.3) is 0 Å². The standard InChI is InChI=1S/C12H23NO2/c1-2-3-4-8-15-11(14)9-12(10-13)6-5-7-12/h2-10,13H2,1H3. The number of ether oxygens (including phenoxy) is 1. The monoisotopic (exact) mass is 213 g/mol. The fourth-order valence-corrected chi connectivity index (χ4v) is 2.03. The third-order valence-corrected chi connectivity index (χ3v) is 3.38. The van der Waals surface area contributed by atoms with Crippen molar-refractivity contribution in [3.05, 3.63) is 0 Å². The maximum absolute atomic E-state index is 11.5. The van der Waals surface area contributed by atoms with Gasteiger partial charge in [-0.3, -0.25) is 4.79 Å². The molecule has 2 N–H and O–H groups in total. The lowest BCUT2D eigenvalue weighted by Crippen LogP contribution is -2.39. The molecular weight excluding hydrogens is 190 g/mol. The van der Waals surface area contributed by atoms with Gasteiger partial charge in [0.05, 0.1) is 13.0 Å². The summed E-state index contributed by atoms with van der Waals surface area (Å²) in [6.45, 7) is 3.34. The van der Waals surface area contributed by atoms with Crippen molar-refractivity contribution in [3.8, 4) is 0 Å². The van der Waals surface area contributed by atoms with Crippen molar-refractivity contribution >= 4 is 5.97 Å². The topological polar surface area (TPSA) is 52.3 Å². The average Bonchev–Trinajstić information content (AvgIpc) is 2.18. The first-order valence-corrected chi connectivity index (χ1v) is 6.08. The summed E-state index contributed by atoms with van der Waals surface area (Å²) in [5.74, 6) is -0.0590. The molecule has 0 aliphatic heterocycles. The first-order chi connectivity index (χ1) is 7.22. The summed E-state index contributed by atoms with van der Waals surface area (Å²) in [6, 6.07) is 0. The highest BCUT2D eigenvalue weighted by molar-refractivity contribution is 5.70. The van der Waals surface area contributed by atoms with Crippen molar-refractivity contribution in [2.75, 3.05) is 13.2 Å². The van der Waals surface area contributed by atoms with Crippen LogP contribution in [0.15, 0.2) is 0 Å². The highest BCUT2D eigenvalue weighted by atomic mass is 16.5. The molecule has 0 aromatic heterocycles. The van der Waals surface area contributed by atoms with Crippen LogP contribution in [-0.2, 0) is 9.53 Å². The molecular formula is C12H23NO2. The number of rotatable bonds is 7. The number of nitrogens with two attached hydrogens (primary N) is 1. The third kappa shape index (κ3) is 3.82. The molecule has 0 aromatic rings. The Morgan fingerprint density at radius 1 is 1.40 bits per heavy atom. The van der Waals surface area contributed by atoms with E-state index in [-0.39, 0.29) is 11.4 Å². The lowest BCUT2D eigenvalue weighted by molar-refractivity contribution is -0.148. The first kappa shape index (κ1) is 12.5. The molecule has 3 nitrogen and oxygen atoms in total. The third-order valence-electron chi connectivity index (χ3n) is 3.38. The summed E-state index contributed by atoms with van der Waals surface area (Å²) in [5.41, 5.74) is 5.77. The Hall–Kier alpha value is -0.570. The molecule has 88 valence electrons. The fourth-order valence-electron chi connectivity index (χ4n) is 2.03. The molecule has 3 heteroatoms. The maximum atomic E-state index is 11.5. The Labute approximate surface area is 92.4 Å². The number of carbonyl (C=O) groups excluding carboxylic acids is 1. The minimum atomic E-state index is -0.0590. The minimum Gasteiger partial charge on any atom is -0.466 e. The summed E-state index contributed by atoms with van der Waals surface area (Å²) in [4.78, 5) is 11.5. The van der Waals surface area contributed by atoms with Crippen molar-refractivity contribution in [2.24, 2.45) is 11.1 Å². The largest absolute Gasteiger partial charge is 0.466 e. The maximum Gasteiger partial charge on any atom is 0.306 e. The number of carbonyl (C=O) groups is 1. The van der Waals surface area contributed by atoms with Crippen LogP contribution in [0.2, 0.25) is 0 Å². The van der Waals surface area contributed by atoms with Gasteiger partial charge in [-0.25, -0.2) is 0 Å². The van der Waals surface area contributed by atoms with Crippen LogP contribution in [0.3, 0.4) is 0 Å². The number of unbranched alkanes of at least 4 members (excludes halogenated alkanes) is 2.